The molecule has 4 aliphatic rings. The zero-order valence-electron chi connectivity index (χ0n) is 24.5. The summed E-state index contributed by atoms with van der Waals surface area (Å²) in [6.45, 7) is 8.35. The Morgan fingerprint density at radius 2 is 1.98 bits per heavy atom. The molecule has 1 saturated heterocycles. The number of anilines is 1. The standard InChI is InChI=1S/C32H41N7O3/c1-20(9-11-38-13-15-41-16-14-38)26(19-33)24-10-12-39(34)28(18-24)29(22-5-6-22)31(40)35-27-17-25(4-3-21(27)2)30-36-32(42-37-30)23-7-8-23/h3-4,9-10,12,17,19,22-24H,5-8,11,13-16,18,33-34H2,1-2H3,(H,35,40)/b20-9-,26-19+,29-28+. The number of benzene rings is 1. The number of nitrogens with zero attached hydrogens (tertiary/aromatic N) is 4. The number of hydrogen-bond donors (Lipinski definition) is 3. The van der Waals surface area contributed by atoms with Gasteiger partial charge in [0.2, 0.25) is 11.7 Å². The molecule has 42 heavy (non-hydrogen) atoms. The summed E-state index contributed by atoms with van der Waals surface area (Å²) < 4.78 is 10.9. The molecule has 5 N–H and O–H groups in total. The second kappa shape index (κ2) is 12.2. The lowest BCUT2D eigenvalue weighted by atomic mass is 9.86. The number of nitrogens with one attached hydrogen (secondary N) is 1. The monoisotopic (exact) mass is 571 g/mol. The van der Waals surface area contributed by atoms with E-state index in [0.29, 0.717) is 24.1 Å². The number of allylic oxidation sites excluding steroid dienone is 4. The summed E-state index contributed by atoms with van der Waals surface area (Å²) in [5, 5.41) is 8.96. The first-order valence-corrected chi connectivity index (χ1v) is 15.0. The van der Waals surface area contributed by atoms with Gasteiger partial charge in [-0.25, -0.2) is 5.84 Å². The van der Waals surface area contributed by atoms with E-state index >= 15 is 0 Å². The lowest BCUT2D eigenvalue weighted by Gasteiger charge is -2.31. The van der Waals surface area contributed by atoms with Gasteiger partial charge in [-0.2, -0.15) is 4.98 Å². The number of hydrogen-bond acceptors (Lipinski definition) is 9. The largest absolute Gasteiger partial charge is 0.404 e. The lowest BCUT2D eigenvalue weighted by Crippen LogP contribution is -2.36. The van der Waals surface area contributed by atoms with Gasteiger partial charge in [0.05, 0.1) is 13.2 Å². The molecule has 1 aromatic carbocycles. The Kier molecular flexibility index (Phi) is 8.28. The van der Waals surface area contributed by atoms with E-state index in [1.54, 1.807) is 11.2 Å². The molecule has 1 aromatic heterocycles. The zero-order chi connectivity index (χ0) is 29.2. The van der Waals surface area contributed by atoms with E-state index < -0.39 is 0 Å². The minimum absolute atomic E-state index is 0.0243. The van der Waals surface area contributed by atoms with Crippen molar-refractivity contribution < 1.29 is 14.1 Å². The molecule has 1 amide bonds. The second-order valence-corrected chi connectivity index (χ2v) is 11.8. The Morgan fingerprint density at radius 1 is 1.19 bits per heavy atom. The van der Waals surface area contributed by atoms with Gasteiger partial charge in [-0.05, 0) is 74.4 Å². The van der Waals surface area contributed by atoms with Crippen molar-refractivity contribution in [2.75, 3.05) is 38.2 Å². The van der Waals surface area contributed by atoms with Crippen LogP contribution in [-0.2, 0) is 9.53 Å². The van der Waals surface area contributed by atoms with Gasteiger partial charge >= 0.3 is 0 Å². The van der Waals surface area contributed by atoms with Crippen molar-refractivity contribution in [2.24, 2.45) is 23.4 Å². The van der Waals surface area contributed by atoms with E-state index in [2.05, 4.69) is 39.4 Å². The first kappa shape index (κ1) is 28.4. The van der Waals surface area contributed by atoms with Crippen molar-refractivity contribution in [3.8, 4) is 11.4 Å². The molecule has 3 fully saturated rings. The molecule has 10 heteroatoms. The Bertz CT molecular complexity index is 1440. The minimum Gasteiger partial charge on any atom is -0.404 e. The molecule has 0 radical (unpaired) electrons. The Morgan fingerprint density at radius 3 is 2.69 bits per heavy atom. The van der Waals surface area contributed by atoms with Gasteiger partial charge < -0.3 is 20.3 Å². The summed E-state index contributed by atoms with van der Waals surface area (Å²) in [6.07, 6.45) is 12.6. The van der Waals surface area contributed by atoms with Crippen LogP contribution >= 0.6 is 0 Å². The van der Waals surface area contributed by atoms with Gasteiger partial charge in [-0.15, -0.1) is 0 Å². The van der Waals surface area contributed by atoms with Crippen molar-refractivity contribution in [2.45, 2.75) is 51.9 Å². The van der Waals surface area contributed by atoms with Crippen LogP contribution in [0.4, 0.5) is 5.69 Å². The fraction of sp³-hybridized carbons (Fsp3) is 0.469. The Labute approximate surface area is 247 Å². The van der Waals surface area contributed by atoms with Crippen LogP contribution in [0.5, 0.6) is 0 Å². The van der Waals surface area contributed by atoms with Crippen molar-refractivity contribution in [3.63, 3.8) is 0 Å². The number of ether oxygens (including phenoxy) is 1. The Balaban J connectivity index is 1.21. The summed E-state index contributed by atoms with van der Waals surface area (Å²) in [7, 11) is 0. The number of amides is 1. The first-order valence-electron chi connectivity index (χ1n) is 15.0. The van der Waals surface area contributed by atoms with E-state index in [9.17, 15) is 4.79 Å². The number of carbonyl (C=O) groups is 1. The zero-order valence-corrected chi connectivity index (χ0v) is 24.5. The number of hydrazine groups is 1. The van der Waals surface area contributed by atoms with E-state index in [-0.39, 0.29) is 17.7 Å². The maximum absolute atomic E-state index is 13.9. The van der Waals surface area contributed by atoms with Crippen molar-refractivity contribution in [1.82, 2.24) is 20.0 Å². The third kappa shape index (κ3) is 6.35. The molecule has 2 aliphatic carbocycles. The molecule has 1 atom stereocenters. The average molecular weight is 572 g/mol. The van der Waals surface area contributed by atoms with E-state index in [1.165, 1.54) is 0 Å². The molecule has 6 rings (SSSR count). The number of morpholine rings is 1. The van der Waals surface area contributed by atoms with Crippen LogP contribution in [0.25, 0.3) is 11.4 Å². The molecule has 2 aliphatic heterocycles. The smallest absolute Gasteiger partial charge is 0.253 e. The van der Waals surface area contributed by atoms with Crippen LogP contribution in [0.1, 0.15) is 56.4 Å². The summed E-state index contributed by atoms with van der Waals surface area (Å²) in [5.74, 6) is 8.17. The predicted molar refractivity (Wildman–Crippen MR) is 161 cm³/mol. The number of aromatic nitrogens is 2. The molecule has 3 heterocycles. The highest BCUT2D eigenvalue weighted by Gasteiger charge is 2.36. The summed E-state index contributed by atoms with van der Waals surface area (Å²) in [6, 6.07) is 5.85. The molecular formula is C32H41N7O3. The Hall–Kier alpha value is -3.73. The van der Waals surface area contributed by atoms with E-state index in [1.807, 2.05) is 31.3 Å². The summed E-state index contributed by atoms with van der Waals surface area (Å²) in [5.41, 5.74) is 12.4. The summed E-state index contributed by atoms with van der Waals surface area (Å²) >= 11 is 0. The van der Waals surface area contributed by atoms with Crippen LogP contribution in [0.2, 0.25) is 0 Å². The third-order valence-corrected chi connectivity index (χ3v) is 8.65. The molecular weight excluding hydrogens is 530 g/mol. The highest BCUT2D eigenvalue weighted by atomic mass is 16.5. The van der Waals surface area contributed by atoms with Crippen molar-refractivity contribution >= 4 is 11.6 Å². The molecule has 2 aromatic rings. The van der Waals surface area contributed by atoms with Crippen molar-refractivity contribution in [1.29, 1.82) is 0 Å². The molecule has 0 bridgehead atoms. The maximum Gasteiger partial charge on any atom is 0.253 e. The first-order chi connectivity index (χ1) is 20.4. The van der Waals surface area contributed by atoms with Gasteiger partial charge in [-0.3, -0.25) is 14.7 Å². The van der Waals surface area contributed by atoms with E-state index in [4.69, 9.17) is 20.8 Å². The fourth-order valence-corrected chi connectivity index (χ4v) is 5.70. The van der Waals surface area contributed by atoms with Crippen LogP contribution < -0.4 is 16.9 Å². The van der Waals surface area contributed by atoms with Gasteiger partial charge in [0.25, 0.3) is 5.91 Å². The third-order valence-electron chi connectivity index (χ3n) is 8.65. The van der Waals surface area contributed by atoms with Crippen LogP contribution in [0.15, 0.2) is 69.7 Å². The van der Waals surface area contributed by atoms with Crippen LogP contribution in [0.3, 0.4) is 0 Å². The SMILES string of the molecule is CC(=C/CN1CCOCC1)/C(=C\N)C1C=CN(N)/C(=C(/C(=O)Nc2cc(-c3noc(C4CC4)n3)ccc2C)C2CC2)C1. The molecule has 2 saturated carbocycles. The molecule has 0 spiro atoms. The van der Waals surface area contributed by atoms with Crippen molar-refractivity contribution in [3.05, 3.63) is 76.6 Å². The highest BCUT2D eigenvalue weighted by Crippen LogP contribution is 2.43. The quantitative estimate of drug-likeness (QED) is 0.228. The predicted octanol–water partition coefficient (Wildman–Crippen LogP) is 4.36. The summed E-state index contributed by atoms with van der Waals surface area (Å²) in [4.78, 5) is 20.9. The highest BCUT2D eigenvalue weighted by molar-refractivity contribution is 6.05. The molecule has 222 valence electrons. The van der Waals surface area contributed by atoms with Crippen LogP contribution in [-0.4, -0.2) is 58.8 Å². The minimum atomic E-state index is -0.123. The van der Waals surface area contributed by atoms with E-state index in [0.717, 1.165) is 97.8 Å². The number of nitrogens with two attached hydrogens (primary N) is 2. The topological polar surface area (TPSA) is 136 Å². The fourth-order valence-electron chi connectivity index (χ4n) is 5.70. The normalized spacial score (nSPS) is 23.3. The maximum atomic E-state index is 13.9. The van der Waals surface area contributed by atoms with Gasteiger partial charge in [0.15, 0.2) is 0 Å². The van der Waals surface area contributed by atoms with Gasteiger partial charge in [0, 0.05) is 66.6 Å². The molecule has 1 unspecified atom stereocenters. The van der Waals surface area contributed by atoms with Gasteiger partial charge in [0.1, 0.15) is 0 Å². The second-order valence-electron chi connectivity index (χ2n) is 11.8. The van der Waals surface area contributed by atoms with Crippen LogP contribution in [0, 0.1) is 18.8 Å². The van der Waals surface area contributed by atoms with Gasteiger partial charge in [-0.1, -0.05) is 29.4 Å². The molecule has 10 nitrogen and oxygen atoms in total. The number of aryl methyl sites for hydroxylation is 1. The lowest BCUT2D eigenvalue weighted by molar-refractivity contribution is -0.113. The average Bonchev–Trinajstić information content (AvgIpc) is 3.95. The number of carbonyl (C=O) groups excluding carboxylic acids is 1. The number of rotatable bonds is 9.